The van der Waals surface area contributed by atoms with Gasteiger partial charge in [0.05, 0.1) is 17.0 Å². The van der Waals surface area contributed by atoms with Crippen molar-refractivity contribution in [3.63, 3.8) is 0 Å². The lowest BCUT2D eigenvalue weighted by molar-refractivity contribution is 0.0377. The first-order chi connectivity index (χ1) is 15.0. The van der Waals surface area contributed by atoms with E-state index in [4.69, 9.17) is 10.5 Å². The summed E-state index contributed by atoms with van der Waals surface area (Å²) < 4.78 is 20.8. The molecule has 1 aliphatic heterocycles. The molecule has 1 saturated carbocycles. The Morgan fingerprint density at radius 2 is 2.16 bits per heavy atom. The van der Waals surface area contributed by atoms with Gasteiger partial charge in [-0.1, -0.05) is 18.9 Å². The Kier molecular flexibility index (Phi) is 6.02. The minimum Gasteiger partial charge on any atom is -0.469 e. The van der Waals surface area contributed by atoms with Gasteiger partial charge in [0, 0.05) is 25.5 Å². The van der Waals surface area contributed by atoms with Gasteiger partial charge in [0.15, 0.2) is 18.3 Å². The van der Waals surface area contributed by atoms with Crippen LogP contribution in [0, 0.1) is 12.7 Å². The first kappa shape index (κ1) is 21.0. The standard InChI is InChI=1S/C24H27FN4O2/c1-15-17(11-16-7-8-21(28-13-16)20(26)9-10-27-2)12-19-23(22(15)25)31-14-29(24(19)30)18-5-3-4-6-18/h7-10,12-13,18H,3-6,11,14,26H2,1-2H3. The predicted octanol–water partition coefficient (Wildman–Crippen LogP) is 3.85. The second-order valence-corrected chi connectivity index (χ2v) is 8.10. The van der Waals surface area contributed by atoms with E-state index in [2.05, 4.69) is 9.98 Å². The van der Waals surface area contributed by atoms with Gasteiger partial charge < -0.3 is 15.4 Å². The summed E-state index contributed by atoms with van der Waals surface area (Å²) in [6, 6.07) is 5.69. The molecule has 0 radical (unpaired) electrons. The fourth-order valence-electron chi connectivity index (χ4n) is 4.26. The van der Waals surface area contributed by atoms with Crippen LogP contribution in [-0.4, -0.2) is 41.8 Å². The number of rotatable bonds is 5. The SMILES string of the molecule is CN=CC=C(N)c1ccc(Cc2cc3c(c(F)c2C)OCN(C2CCCC2)C3=O)cn1. The molecular weight excluding hydrogens is 395 g/mol. The molecule has 1 amide bonds. The number of aliphatic imine (C=N–C) groups is 1. The van der Waals surface area contributed by atoms with Gasteiger partial charge in [-0.15, -0.1) is 0 Å². The maximum absolute atomic E-state index is 15.1. The third-order valence-corrected chi connectivity index (χ3v) is 6.10. The highest BCUT2D eigenvalue weighted by molar-refractivity contribution is 5.98. The van der Waals surface area contributed by atoms with Crippen LogP contribution in [0.4, 0.5) is 4.39 Å². The lowest BCUT2D eigenvalue weighted by atomic mass is 9.96. The van der Waals surface area contributed by atoms with Crippen LogP contribution < -0.4 is 10.5 Å². The molecule has 2 aromatic rings. The zero-order valence-corrected chi connectivity index (χ0v) is 17.9. The van der Waals surface area contributed by atoms with E-state index in [1.165, 1.54) is 0 Å². The zero-order chi connectivity index (χ0) is 22.0. The van der Waals surface area contributed by atoms with Crippen LogP contribution in [0.15, 0.2) is 35.5 Å². The number of benzene rings is 1. The molecule has 1 aromatic heterocycles. The van der Waals surface area contributed by atoms with E-state index in [1.54, 1.807) is 43.4 Å². The van der Waals surface area contributed by atoms with Crippen LogP contribution in [0.25, 0.3) is 5.70 Å². The largest absolute Gasteiger partial charge is 0.469 e. The summed E-state index contributed by atoms with van der Waals surface area (Å²) in [5.41, 5.74) is 9.60. The molecule has 162 valence electrons. The number of ether oxygens (including phenoxy) is 1. The molecule has 0 saturated heterocycles. The van der Waals surface area contributed by atoms with E-state index in [-0.39, 0.29) is 24.4 Å². The Bertz CT molecular complexity index is 1040. The van der Waals surface area contributed by atoms with E-state index in [0.29, 0.717) is 28.9 Å². The lowest BCUT2D eigenvalue weighted by Crippen LogP contribution is -2.44. The van der Waals surface area contributed by atoms with E-state index in [0.717, 1.165) is 36.8 Å². The van der Waals surface area contributed by atoms with Gasteiger partial charge in [-0.2, -0.15) is 0 Å². The monoisotopic (exact) mass is 422 g/mol. The fraction of sp³-hybridized carbons (Fsp3) is 0.375. The van der Waals surface area contributed by atoms with Gasteiger partial charge in [0.2, 0.25) is 0 Å². The van der Waals surface area contributed by atoms with Crippen molar-refractivity contribution in [1.29, 1.82) is 0 Å². The Balaban J connectivity index is 1.60. The quantitative estimate of drug-likeness (QED) is 0.742. The van der Waals surface area contributed by atoms with Crippen LogP contribution >= 0.6 is 0 Å². The Hall–Kier alpha value is -3.22. The van der Waals surface area contributed by atoms with Gasteiger partial charge in [0.25, 0.3) is 5.91 Å². The van der Waals surface area contributed by atoms with Crippen molar-refractivity contribution < 1.29 is 13.9 Å². The summed E-state index contributed by atoms with van der Waals surface area (Å²) in [6.45, 7) is 1.84. The van der Waals surface area contributed by atoms with E-state index in [9.17, 15) is 4.79 Å². The number of allylic oxidation sites excluding steroid dienone is 1. The number of halogens is 1. The third-order valence-electron chi connectivity index (χ3n) is 6.10. The van der Waals surface area contributed by atoms with Gasteiger partial charge in [-0.3, -0.25) is 14.8 Å². The van der Waals surface area contributed by atoms with Crippen molar-refractivity contribution in [2.24, 2.45) is 10.7 Å². The molecule has 2 heterocycles. The zero-order valence-electron chi connectivity index (χ0n) is 17.9. The first-order valence-electron chi connectivity index (χ1n) is 10.6. The number of nitrogens with two attached hydrogens (primary N) is 1. The predicted molar refractivity (Wildman–Crippen MR) is 119 cm³/mol. The second-order valence-electron chi connectivity index (χ2n) is 8.10. The van der Waals surface area contributed by atoms with Crippen LogP contribution in [0.2, 0.25) is 0 Å². The highest BCUT2D eigenvalue weighted by Crippen LogP contribution is 2.36. The molecule has 0 atom stereocenters. The molecule has 0 spiro atoms. The van der Waals surface area contributed by atoms with Gasteiger partial charge in [-0.05, 0) is 61.1 Å². The minimum absolute atomic E-state index is 0.0736. The number of hydrogen-bond donors (Lipinski definition) is 1. The maximum atomic E-state index is 15.1. The van der Waals surface area contributed by atoms with Crippen molar-refractivity contribution in [2.75, 3.05) is 13.8 Å². The van der Waals surface area contributed by atoms with Crippen molar-refractivity contribution >= 4 is 17.8 Å². The Morgan fingerprint density at radius 3 is 2.84 bits per heavy atom. The van der Waals surface area contributed by atoms with E-state index < -0.39 is 5.82 Å². The summed E-state index contributed by atoms with van der Waals surface area (Å²) in [4.78, 5) is 23.1. The van der Waals surface area contributed by atoms with Crippen molar-refractivity contribution in [3.8, 4) is 5.75 Å². The van der Waals surface area contributed by atoms with Crippen LogP contribution in [-0.2, 0) is 6.42 Å². The number of aromatic nitrogens is 1. The van der Waals surface area contributed by atoms with Crippen molar-refractivity contribution in [1.82, 2.24) is 9.88 Å². The first-order valence-corrected chi connectivity index (χ1v) is 10.6. The molecule has 1 aliphatic carbocycles. The Labute approximate surface area is 181 Å². The van der Waals surface area contributed by atoms with Crippen LogP contribution in [0.5, 0.6) is 5.75 Å². The molecule has 0 bridgehead atoms. The summed E-state index contributed by atoms with van der Waals surface area (Å²) >= 11 is 0. The smallest absolute Gasteiger partial charge is 0.260 e. The third kappa shape index (κ3) is 4.17. The normalized spacial score (nSPS) is 17.3. The number of hydrogen-bond acceptors (Lipinski definition) is 5. The van der Waals surface area contributed by atoms with E-state index >= 15 is 4.39 Å². The average Bonchev–Trinajstić information content (AvgIpc) is 3.31. The lowest BCUT2D eigenvalue weighted by Gasteiger charge is -2.34. The molecule has 1 aromatic carbocycles. The summed E-state index contributed by atoms with van der Waals surface area (Å²) in [7, 11) is 1.67. The number of carbonyl (C=O) groups is 1. The van der Waals surface area contributed by atoms with E-state index in [1.807, 2.05) is 12.1 Å². The summed E-state index contributed by atoms with van der Waals surface area (Å²) in [5, 5.41) is 0. The van der Waals surface area contributed by atoms with Gasteiger partial charge in [-0.25, -0.2) is 4.39 Å². The topological polar surface area (TPSA) is 80.8 Å². The fourth-order valence-corrected chi connectivity index (χ4v) is 4.26. The van der Waals surface area contributed by atoms with Crippen molar-refractivity contribution in [2.45, 2.75) is 45.1 Å². The van der Waals surface area contributed by atoms with Crippen molar-refractivity contribution in [3.05, 3.63) is 64.2 Å². The minimum atomic E-state index is -0.456. The molecule has 0 unspecified atom stereocenters. The summed E-state index contributed by atoms with van der Waals surface area (Å²) in [5.74, 6) is -0.524. The number of nitrogens with zero attached hydrogens (tertiary/aromatic N) is 3. The van der Waals surface area contributed by atoms with Crippen LogP contribution in [0.3, 0.4) is 0 Å². The van der Waals surface area contributed by atoms with Crippen LogP contribution in [0.1, 0.15) is 58.4 Å². The maximum Gasteiger partial charge on any atom is 0.260 e. The summed E-state index contributed by atoms with van der Waals surface area (Å²) in [6.07, 6.45) is 9.66. The molecule has 2 N–H and O–H groups in total. The number of pyridine rings is 1. The number of carbonyl (C=O) groups excluding carboxylic acids is 1. The molecule has 1 fully saturated rings. The van der Waals surface area contributed by atoms with Gasteiger partial charge >= 0.3 is 0 Å². The second kappa shape index (κ2) is 8.88. The molecule has 6 nitrogen and oxygen atoms in total. The molecule has 2 aliphatic rings. The molecule has 31 heavy (non-hydrogen) atoms. The average molecular weight is 423 g/mol. The number of fused-ring (bicyclic) bond motifs is 1. The molecule has 7 heteroatoms. The number of amides is 1. The highest BCUT2D eigenvalue weighted by atomic mass is 19.1. The van der Waals surface area contributed by atoms with Gasteiger partial charge in [0.1, 0.15) is 0 Å². The molecule has 4 rings (SSSR count). The molecular formula is C24H27FN4O2. The Morgan fingerprint density at radius 1 is 1.39 bits per heavy atom. The highest BCUT2D eigenvalue weighted by Gasteiger charge is 2.35.